The first-order valence-electron chi connectivity index (χ1n) is 9.16. The average molecular weight is 374 g/mol. The molecule has 2 atom stereocenters. The molecule has 27 heavy (non-hydrogen) atoms. The predicted octanol–water partition coefficient (Wildman–Crippen LogP) is 0.735. The molecule has 1 aliphatic carbocycles. The Morgan fingerprint density at radius 2 is 2.22 bits per heavy atom. The summed E-state index contributed by atoms with van der Waals surface area (Å²) in [6.45, 7) is 1.04. The van der Waals surface area contributed by atoms with Crippen molar-refractivity contribution >= 4 is 23.5 Å². The molecule has 6 N–H and O–H groups in total. The van der Waals surface area contributed by atoms with Gasteiger partial charge in [0.05, 0.1) is 17.9 Å². The number of nitrogens with zero attached hydrogens (tertiary/aromatic N) is 1. The SMILES string of the molecule is N=C/C(=C\NC1CC1)c1nc(N[C@@H]2CCOC[C@@H]2N)c(F)c2c1C(=O)NC2. The van der Waals surface area contributed by atoms with E-state index < -0.39 is 5.82 Å². The zero-order valence-electron chi connectivity index (χ0n) is 14.8. The van der Waals surface area contributed by atoms with E-state index in [2.05, 4.69) is 20.9 Å². The number of amides is 1. The van der Waals surface area contributed by atoms with Crippen molar-refractivity contribution in [1.82, 2.24) is 15.6 Å². The number of allylic oxidation sites excluding steroid dienone is 1. The first-order valence-corrected chi connectivity index (χ1v) is 9.16. The van der Waals surface area contributed by atoms with Gasteiger partial charge in [-0.3, -0.25) is 4.79 Å². The molecule has 2 fully saturated rings. The number of carbonyl (C=O) groups excluding carboxylic acids is 1. The van der Waals surface area contributed by atoms with Gasteiger partial charge < -0.3 is 31.8 Å². The summed E-state index contributed by atoms with van der Waals surface area (Å²) in [5.74, 6) is -0.869. The smallest absolute Gasteiger partial charge is 0.254 e. The van der Waals surface area contributed by atoms with Crippen LogP contribution in [-0.4, -0.2) is 48.4 Å². The van der Waals surface area contributed by atoms with Gasteiger partial charge in [0.1, 0.15) is 0 Å². The topological polar surface area (TPSA) is 125 Å². The monoisotopic (exact) mass is 374 g/mol. The summed E-state index contributed by atoms with van der Waals surface area (Å²) in [6.07, 6.45) is 5.60. The third-order valence-corrected chi connectivity index (χ3v) is 5.09. The van der Waals surface area contributed by atoms with Crippen LogP contribution in [0.1, 0.15) is 40.9 Å². The lowest BCUT2D eigenvalue weighted by Gasteiger charge is -2.30. The number of nitrogens with one attached hydrogen (secondary N) is 4. The van der Waals surface area contributed by atoms with Crippen molar-refractivity contribution in [3.05, 3.63) is 28.8 Å². The maximum atomic E-state index is 15.0. The predicted molar refractivity (Wildman–Crippen MR) is 99.1 cm³/mol. The highest BCUT2D eigenvalue weighted by Crippen LogP contribution is 2.31. The fraction of sp³-hybridized carbons (Fsp3) is 0.500. The molecule has 0 spiro atoms. The molecule has 1 saturated heterocycles. The number of aromatic nitrogens is 1. The van der Waals surface area contributed by atoms with Gasteiger partial charge in [-0.2, -0.15) is 0 Å². The van der Waals surface area contributed by atoms with Crippen LogP contribution in [0.25, 0.3) is 5.57 Å². The first kappa shape index (κ1) is 17.9. The Hall–Kier alpha value is -2.52. The molecule has 4 rings (SSSR count). The first-order chi connectivity index (χ1) is 13.1. The van der Waals surface area contributed by atoms with Gasteiger partial charge in [0, 0.05) is 54.8 Å². The molecule has 3 aliphatic rings. The minimum Gasteiger partial charge on any atom is -0.388 e. The summed E-state index contributed by atoms with van der Waals surface area (Å²) in [5.41, 5.74) is 7.27. The summed E-state index contributed by atoms with van der Waals surface area (Å²) in [7, 11) is 0. The fourth-order valence-corrected chi connectivity index (χ4v) is 3.34. The second-order valence-corrected chi connectivity index (χ2v) is 7.12. The van der Waals surface area contributed by atoms with Crippen molar-refractivity contribution in [3.63, 3.8) is 0 Å². The molecule has 1 aromatic heterocycles. The van der Waals surface area contributed by atoms with E-state index in [1.165, 1.54) is 0 Å². The van der Waals surface area contributed by atoms with E-state index in [9.17, 15) is 4.79 Å². The number of fused-ring (bicyclic) bond motifs is 1. The van der Waals surface area contributed by atoms with Crippen LogP contribution in [0.4, 0.5) is 10.2 Å². The Balaban J connectivity index is 1.73. The largest absolute Gasteiger partial charge is 0.388 e. The van der Waals surface area contributed by atoms with Gasteiger partial charge in [0.15, 0.2) is 11.6 Å². The summed E-state index contributed by atoms with van der Waals surface area (Å²) in [4.78, 5) is 16.7. The van der Waals surface area contributed by atoms with E-state index in [-0.39, 0.29) is 41.5 Å². The van der Waals surface area contributed by atoms with Crippen LogP contribution < -0.4 is 21.7 Å². The quantitative estimate of drug-likeness (QED) is 0.468. The van der Waals surface area contributed by atoms with Gasteiger partial charge in [-0.1, -0.05) is 0 Å². The number of ether oxygens (including phenoxy) is 1. The molecule has 3 heterocycles. The highest BCUT2D eigenvalue weighted by molar-refractivity contribution is 6.13. The lowest BCUT2D eigenvalue weighted by Crippen LogP contribution is -2.48. The van der Waals surface area contributed by atoms with Crippen LogP contribution >= 0.6 is 0 Å². The normalized spacial score (nSPS) is 25.0. The van der Waals surface area contributed by atoms with Gasteiger partial charge in [0.2, 0.25) is 0 Å². The van der Waals surface area contributed by atoms with Gasteiger partial charge in [0.25, 0.3) is 5.91 Å². The number of carbonyl (C=O) groups is 1. The number of nitrogens with two attached hydrogens (primary N) is 1. The number of hydrogen-bond donors (Lipinski definition) is 5. The van der Waals surface area contributed by atoms with Crippen LogP contribution in [0.5, 0.6) is 0 Å². The fourth-order valence-electron chi connectivity index (χ4n) is 3.34. The molecular formula is C18H23FN6O2. The van der Waals surface area contributed by atoms with Gasteiger partial charge in [-0.05, 0) is 19.3 Å². The average Bonchev–Trinajstić information content (AvgIpc) is 3.41. The lowest BCUT2D eigenvalue weighted by atomic mass is 10.0. The molecule has 144 valence electrons. The van der Waals surface area contributed by atoms with Crippen LogP contribution in [0.3, 0.4) is 0 Å². The molecule has 1 aromatic rings. The molecule has 2 aliphatic heterocycles. The van der Waals surface area contributed by atoms with Crippen LogP contribution in [-0.2, 0) is 11.3 Å². The zero-order valence-corrected chi connectivity index (χ0v) is 14.8. The molecule has 9 heteroatoms. The van der Waals surface area contributed by atoms with E-state index in [1.54, 1.807) is 6.20 Å². The van der Waals surface area contributed by atoms with Gasteiger partial charge in [-0.25, -0.2) is 9.37 Å². The second-order valence-electron chi connectivity index (χ2n) is 7.12. The molecule has 1 saturated carbocycles. The molecule has 1 amide bonds. The maximum absolute atomic E-state index is 15.0. The third kappa shape index (κ3) is 3.52. The number of halogens is 1. The van der Waals surface area contributed by atoms with Crippen molar-refractivity contribution in [3.8, 4) is 0 Å². The van der Waals surface area contributed by atoms with E-state index >= 15 is 4.39 Å². The van der Waals surface area contributed by atoms with E-state index in [4.69, 9.17) is 15.9 Å². The van der Waals surface area contributed by atoms with Crippen molar-refractivity contribution < 1.29 is 13.9 Å². The third-order valence-electron chi connectivity index (χ3n) is 5.09. The molecular weight excluding hydrogens is 351 g/mol. The highest BCUT2D eigenvalue weighted by atomic mass is 19.1. The van der Waals surface area contributed by atoms with E-state index in [1.807, 2.05) is 0 Å². The van der Waals surface area contributed by atoms with Gasteiger partial charge in [-0.15, -0.1) is 0 Å². The number of rotatable bonds is 6. The standard InChI is InChI=1S/C18H23FN6O2/c19-15-11-7-23-18(26)14(11)16(9(5-20)6-22-10-1-2-10)25-17(15)24-13-3-4-27-8-12(13)21/h5-6,10,12-13,20,22H,1-4,7-8,21H2,(H,23,26)(H,24,25)/b9-6+,20-5?/t12-,13+/m0/s1. The molecule has 8 nitrogen and oxygen atoms in total. The maximum Gasteiger partial charge on any atom is 0.254 e. The lowest BCUT2D eigenvalue weighted by molar-refractivity contribution is 0.0751. The van der Waals surface area contributed by atoms with Crippen molar-refractivity contribution in [2.24, 2.45) is 5.73 Å². The second kappa shape index (κ2) is 7.24. The highest BCUT2D eigenvalue weighted by Gasteiger charge is 2.32. The van der Waals surface area contributed by atoms with Crippen molar-refractivity contribution in [1.29, 1.82) is 5.41 Å². The number of pyridine rings is 1. The van der Waals surface area contributed by atoms with Crippen LogP contribution in [0.2, 0.25) is 0 Å². The summed E-state index contributed by atoms with van der Waals surface area (Å²) >= 11 is 0. The van der Waals surface area contributed by atoms with E-state index in [0.29, 0.717) is 36.9 Å². The Morgan fingerprint density at radius 3 is 2.93 bits per heavy atom. The summed E-state index contributed by atoms with van der Waals surface area (Å²) < 4.78 is 20.3. The van der Waals surface area contributed by atoms with Gasteiger partial charge >= 0.3 is 0 Å². The molecule has 0 unspecified atom stereocenters. The minimum atomic E-state index is -0.551. The Bertz CT molecular complexity index is 808. The summed E-state index contributed by atoms with van der Waals surface area (Å²) in [5, 5.41) is 16.7. The number of anilines is 1. The van der Waals surface area contributed by atoms with Crippen LogP contribution in [0.15, 0.2) is 6.20 Å². The Labute approximate surface area is 156 Å². The molecule has 0 bridgehead atoms. The molecule has 0 aromatic carbocycles. The van der Waals surface area contributed by atoms with Crippen LogP contribution in [0, 0.1) is 11.2 Å². The zero-order chi connectivity index (χ0) is 19.0. The Kier molecular flexibility index (Phi) is 4.79. The molecule has 0 radical (unpaired) electrons. The van der Waals surface area contributed by atoms with E-state index in [0.717, 1.165) is 19.1 Å². The summed E-state index contributed by atoms with van der Waals surface area (Å²) in [6, 6.07) is -0.0560. The Morgan fingerprint density at radius 1 is 1.41 bits per heavy atom. The minimum absolute atomic E-state index is 0.0572. The van der Waals surface area contributed by atoms with Crippen molar-refractivity contribution in [2.45, 2.75) is 43.9 Å². The van der Waals surface area contributed by atoms with Crippen molar-refractivity contribution in [2.75, 3.05) is 18.5 Å². The number of hydrogen-bond acceptors (Lipinski definition) is 7.